The third-order valence-electron chi connectivity index (χ3n) is 3.18. The van der Waals surface area contributed by atoms with Gasteiger partial charge < -0.3 is 15.6 Å². The van der Waals surface area contributed by atoms with E-state index >= 15 is 0 Å². The summed E-state index contributed by atoms with van der Waals surface area (Å²) in [6.45, 7) is 0. The Balaban J connectivity index is 2.40. The molecule has 21 heavy (non-hydrogen) atoms. The Hall–Kier alpha value is -2.04. The van der Waals surface area contributed by atoms with E-state index in [2.05, 4.69) is 0 Å². The van der Waals surface area contributed by atoms with E-state index in [1.807, 2.05) is 36.4 Å². The van der Waals surface area contributed by atoms with Crippen LogP contribution in [0.4, 0.5) is 0 Å². The number of benzene rings is 2. The van der Waals surface area contributed by atoms with Gasteiger partial charge in [-0.1, -0.05) is 41.9 Å². The van der Waals surface area contributed by atoms with Crippen molar-refractivity contribution < 1.29 is 14.6 Å². The molecule has 0 aliphatic heterocycles. The zero-order valence-corrected chi connectivity index (χ0v) is 12.3. The number of halogens is 1. The summed E-state index contributed by atoms with van der Waals surface area (Å²) in [6.07, 6.45) is 0.260. The maximum atomic E-state index is 10.8. The molecule has 1 unspecified atom stereocenters. The number of hydrogen-bond donors (Lipinski definition) is 2. The quantitative estimate of drug-likeness (QED) is 0.890. The maximum Gasteiger partial charge on any atom is 0.320 e. The van der Waals surface area contributed by atoms with Gasteiger partial charge in [-0.05, 0) is 29.7 Å². The van der Waals surface area contributed by atoms with Crippen LogP contribution in [0.15, 0.2) is 42.5 Å². The molecule has 0 heterocycles. The largest absolute Gasteiger partial charge is 0.496 e. The van der Waals surface area contributed by atoms with Crippen LogP contribution < -0.4 is 10.5 Å². The van der Waals surface area contributed by atoms with Crippen molar-refractivity contribution in [1.82, 2.24) is 0 Å². The van der Waals surface area contributed by atoms with E-state index in [0.717, 1.165) is 16.7 Å². The van der Waals surface area contributed by atoms with Crippen molar-refractivity contribution in [3.8, 4) is 16.9 Å². The molecular formula is C16H16ClNO3. The number of carbonyl (C=O) groups is 1. The number of hydrogen-bond acceptors (Lipinski definition) is 3. The van der Waals surface area contributed by atoms with Crippen LogP contribution in [0.25, 0.3) is 11.1 Å². The van der Waals surface area contributed by atoms with Gasteiger partial charge in [-0.3, -0.25) is 4.79 Å². The average molecular weight is 306 g/mol. The zero-order chi connectivity index (χ0) is 15.4. The van der Waals surface area contributed by atoms with Gasteiger partial charge >= 0.3 is 5.97 Å². The molecule has 0 saturated heterocycles. The third kappa shape index (κ3) is 3.54. The maximum absolute atomic E-state index is 10.8. The predicted molar refractivity (Wildman–Crippen MR) is 82.8 cm³/mol. The highest BCUT2D eigenvalue weighted by Gasteiger charge is 2.14. The molecule has 0 fully saturated rings. The van der Waals surface area contributed by atoms with Crippen molar-refractivity contribution in [1.29, 1.82) is 0 Å². The second-order valence-electron chi connectivity index (χ2n) is 4.67. The van der Waals surface area contributed by atoms with Gasteiger partial charge in [-0.15, -0.1) is 0 Å². The van der Waals surface area contributed by atoms with E-state index in [1.54, 1.807) is 13.2 Å². The van der Waals surface area contributed by atoms with Crippen molar-refractivity contribution in [2.45, 2.75) is 12.5 Å². The Bertz CT molecular complexity index is 658. The Labute approximate surface area is 128 Å². The molecule has 0 bridgehead atoms. The van der Waals surface area contributed by atoms with Crippen LogP contribution in [0.3, 0.4) is 0 Å². The Kier molecular flexibility index (Phi) is 4.83. The first kappa shape index (κ1) is 15.4. The van der Waals surface area contributed by atoms with Crippen LogP contribution in [0.2, 0.25) is 5.02 Å². The van der Waals surface area contributed by atoms with Crippen molar-refractivity contribution >= 4 is 17.6 Å². The van der Waals surface area contributed by atoms with Gasteiger partial charge in [0.1, 0.15) is 11.8 Å². The normalized spacial score (nSPS) is 12.0. The second kappa shape index (κ2) is 6.61. The van der Waals surface area contributed by atoms with Gasteiger partial charge in [0.2, 0.25) is 0 Å². The second-order valence-corrected chi connectivity index (χ2v) is 5.07. The van der Waals surface area contributed by atoms with E-state index < -0.39 is 12.0 Å². The summed E-state index contributed by atoms with van der Waals surface area (Å²) in [5.41, 5.74) is 8.06. The first-order chi connectivity index (χ1) is 10.0. The molecule has 5 heteroatoms. The van der Waals surface area contributed by atoms with Crippen molar-refractivity contribution in [2.24, 2.45) is 5.73 Å². The minimum atomic E-state index is -1.02. The van der Waals surface area contributed by atoms with E-state index in [0.29, 0.717) is 10.8 Å². The summed E-state index contributed by atoms with van der Waals surface area (Å²) in [5.74, 6) is -0.349. The van der Waals surface area contributed by atoms with Crippen molar-refractivity contribution in [3.63, 3.8) is 0 Å². The molecule has 2 aromatic carbocycles. The minimum Gasteiger partial charge on any atom is -0.496 e. The number of rotatable bonds is 5. The lowest BCUT2D eigenvalue weighted by Gasteiger charge is -2.12. The molecule has 2 aromatic rings. The molecular weight excluding hydrogens is 290 g/mol. The number of nitrogens with two attached hydrogens (primary N) is 1. The van der Waals surface area contributed by atoms with Gasteiger partial charge in [0.25, 0.3) is 0 Å². The smallest absolute Gasteiger partial charge is 0.320 e. The fourth-order valence-corrected chi connectivity index (χ4v) is 2.42. The SMILES string of the molecule is COc1cccc(Cl)c1-c1cccc(CC(N)C(=O)O)c1. The monoisotopic (exact) mass is 305 g/mol. The molecule has 110 valence electrons. The van der Waals surface area contributed by atoms with Crippen LogP contribution in [-0.2, 0) is 11.2 Å². The summed E-state index contributed by atoms with van der Waals surface area (Å²) >= 11 is 6.25. The highest BCUT2D eigenvalue weighted by molar-refractivity contribution is 6.33. The van der Waals surface area contributed by atoms with Gasteiger partial charge in [-0.2, -0.15) is 0 Å². The molecule has 2 rings (SSSR count). The van der Waals surface area contributed by atoms with Crippen molar-refractivity contribution in [2.75, 3.05) is 7.11 Å². The molecule has 0 aliphatic rings. The highest BCUT2D eigenvalue weighted by atomic mass is 35.5. The standard InChI is InChI=1S/C16H16ClNO3/c1-21-14-7-3-6-12(17)15(14)11-5-2-4-10(8-11)9-13(18)16(19)20/h2-8,13H,9,18H2,1H3,(H,19,20). The number of carboxylic acids is 1. The number of ether oxygens (including phenoxy) is 1. The molecule has 0 aromatic heterocycles. The molecule has 0 spiro atoms. The van der Waals surface area contributed by atoms with E-state index in [1.165, 1.54) is 0 Å². The van der Waals surface area contributed by atoms with Crippen molar-refractivity contribution in [3.05, 3.63) is 53.1 Å². The molecule has 3 N–H and O–H groups in total. The lowest BCUT2D eigenvalue weighted by Crippen LogP contribution is -2.32. The Morgan fingerprint density at radius 3 is 2.71 bits per heavy atom. The topological polar surface area (TPSA) is 72.5 Å². The molecule has 1 atom stereocenters. The predicted octanol–water partition coefficient (Wildman–Crippen LogP) is 2.97. The van der Waals surface area contributed by atoms with Crippen LogP contribution in [-0.4, -0.2) is 24.2 Å². The molecule has 0 radical (unpaired) electrons. The van der Waals surface area contributed by atoms with Crippen LogP contribution in [0.5, 0.6) is 5.75 Å². The summed E-state index contributed by atoms with van der Waals surface area (Å²) in [5, 5.41) is 9.47. The number of aliphatic carboxylic acids is 1. The Morgan fingerprint density at radius 1 is 1.33 bits per heavy atom. The molecule has 0 aliphatic carbocycles. The van der Waals surface area contributed by atoms with Crippen LogP contribution >= 0.6 is 11.6 Å². The summed E-state index contributed by atoms with van der Waals surface area (Å²) < 4.78 is 5.34. The lowest BCUT2D eigenvalue weighted by molar-refractivity contribution is -0.138. The van der Waals surface area contributed by atoms with Crippen LogP contribution in [0, 0.1) is 0 Å². The lowest BCUT2D eigenvalue weighted by atomic mass is 9.99. The summed E-state index contributed by atoms with van der Waals surface area (Å²) in [7, 11) is 1.58. The van der Waals surface area contributed by atoms with Gasteiger partial charge in [0.15, 0.2) is 0 Å². The molecule has 4 nitrogen and oxygen atoms in total. The molecule has 0 saturated carbocycles. The van der Waals surface area contributed by atoms with E-state index in [9.17, 15) is 4.79 Å². The van der Waals surface area contributed by atoms with Gasteiger partial charge in [0.05, 0.1) is 12.1 Å². The highest BCUT2D eigenvalue weighted by Crippen LogP contribution is 2.36. The average Bonchev–Trinajstić information content (AvgIpc) is 2.47. The zero-order valence-electron chi connectivity index (χ0n) is 11.5. The van der Waals surface area contributed by atoms with Gasteiger partial charge in [-0.25, -0.2) is 0 Å². The minimum absolute atomic E-state index is 0.260. The number of carboxylic acid groups (broad SMARTS) is 1. The third-order valence-corrected chi connectivity index (χ3v) is 3.50. The first-order valence-electron chi connectivity index (χ1n) is 6.43. The van der Waals surface area contributed by atoms with Crippen LogP contribution in [0.1, 0.15) is 5.56 Å². The van der Waals surface area contributed by atoms with Gasteiger partial charge in [0, 0.05) is 5.56 Å². The van der Waals surface area contributed by atoms with E-state index in [4.69, 9.17) is 27.2 Å². The molecule has 0 amide bonds. The summed E-state index contributed by atoms with van der Waals surface area (Å²) in [6, 6.07) is 12.0. The van der Waals surface area contributed by atoms with E-state index in [-0.39, 0.29) is 6.42 Å². The summed E-state index contributed by atoms with van der Waals surface area (Å²) in [4.78, 5) is 10.8. The Morgan fingerprint density at radius 2 is 2.05 bits per heavy atom. The number of methoxy groups -OCH3 is 1. The first-order valence-corrected chi connectivity index (χ1v) is 6.81. The fraction of sp³-hybridized carbons (Fsp3) is 0.188. The fourth-order valence-electron chi connectivity index (χ4n) is 2.15.